The molecule has 2 aromatic carbocycles. The van der Waals surface area contributed by atoms with Crippen LogP contribution in [0, 0.1) is 13.8 Å². The standard InChI is InChI=1S/C21H20ClN5O2/c1-12-5-7-15(10-17(12)22)27-20(28)16(13(2)24-27)11-23-14-6-8-18-19(9-14)26(4)21(29)25(18)3/h5-11,24H,1-4H3. The van der Waals surface area contributed by atoms with Gasteiger partial charge in [0, 0.05) is 31.0 Å². The molecule has 0 aliphatic heterocycles. The normalized spacial score (nSPS) is 11.8. The van der Waals surface area contributed by atoms with Crippen molar-refractivity contribution in [2.45, 2.75) is 13.8 Å². The Morgan fingerprint density at radius 3 is 2.45 bits per heavy atom. The Morgan fingerprint density at radius 2 is 1.72 bits per heavy atom. The van der Waals surface area contributed by atoms with Crippen molar-refractivity contribution in [1.29, 1.82) is 0 Å². The van der Waals surface area contributed by atoms with E-state index in [0.717, 1.165) is 16.6 Å². The number of H-pyrrole nitrogens is 1. The maximum atomic E-state index is 12.9. The molecule has 8 heteroatoms. The molecule has 0 radical (unpaired) electrons. The quantitative estimate of drug-likeness (QED) is 0.526. The Balaban J connectivity index is 1.74. The number of benzene rings is 2. The Labute approximate surface area is 171 Å². The Kier molecular flexibility index (Phi) is 4.55. The predicted molar refractivity (Wildman–Crippen MR) is 116 cm³/mol. The van der Waals surface area contributed by atoms with Crippen LogP contribution in [0.4, 0.5) is 5.69 Å². The lowest BCUT2D eigenvalue weighted by molar-refractivity contribution is 0.795. The molecule has 0 saturated carbocycles. The van der Waals surface area contributed by atoms with Gasteiger partial charge in [0.05, 0.1) is 28.0 Å². The summed E-state index contributed by atoms with van der Waals surface area (Å²) in [6.45, 7) is 3.73. The molecular formula is C21H20ClN5O2. The van der Waals surface area contributed by atoms with Crippen molar-refractivity contribution in [2.75, 3.05) is 0 Å². The van der Waals surface area contributed by atoms with Gasteiger partial charge in [-0.2, -0.15) is 0 Å². The highest BCUT2D eigenvalue weighted by Crippen LogP contribution is 2.21. The average molecular weight is 410 g/mol. The minimum Gasteiger partial charge on any atom is -0.295 e. The van der Waals surface area contributed by atoms with Gasteiger partial charge in [-0.1, -0.05) is 17.7 Å². The molecule has 2 aromatic heterocycles. The molecular weight excluding hydrogens is 390 g/mol. The molecule has 0 saturated heterocycles. The van der Waals surface area contributed by atoms with Crippen molar-refractivity contribution in [3.8, 4) is 5.69 Å². The fourth-order valence-electron chi connectivity index (χ4n) is 3.33. The summed E-state index contributed by atoms with van der Waals surface area (Å²) >= 11 is 6.20. The molecule has 148 valence electrons. The van der Waals surface area contributed by atoms with Crippen molar-refractivity contribution in [2.24, 2.45) is 19.1 Å². The van der Waals surface area contributed by atoms with E-state index in [2.05, 4.69) is 10.1 Å². The van der Waals surface area contributed by atoms with E-state index in [-0.39, 0.29) is 11.2 Å². The molecule has 0 amide bonds. The summed E-state index contributed by atoms with van der Waals surface area (Å²) in [5, 5.41) is 3.66. The summed E-state index contributed by atoms with van der Waals surface area (Å²) in [5.74, 6) is 0. The first-order valence-corrected chi connectivity index (χ1v) is 9.43. The largest absolute Gasteiger partial charge is 0.328 e. The molecule has 7 nitrogen and oxygen atoms in total. The lowest BCUT2D eigenvalue weighted by Crippen LogP contribution is -2.19. The van der Waals surface area contributed by atoms with Crippen molar-refractivity contribution in [3.05, 3.63) is 79.1 Å². The zero-order valence-electron chi connectivity index (χ0n) is 16.5. The Bertz CT molecular complexity index is 1400. The van der Waals surface area contributed by atoms with Gasteiger partial charge < -0.3 is 0 Å². The molecule has 0 aliphatic carbocycles. The van der Waals surface area contributed by atoms with E-state index >= 15 is 0 Å². The van der Waals surface area contributed by atoms with E-state index in [9.17, 15) is 9.59 Å². The van der Waals surface area contributed by atoms with E-state index in [1.165, 1.54) is 4.68 Å². The highest BCUT2D eigenvalue weighted by Gasteiger charge is 2.12. The molecule has 0 atom stereocenters. The van der Waals surface area contributed by atoms with E-state index in [4.69, 9.17) is 11.6 Å². The smallest absolute Gasteiger partial charge is 0.295 e. The summed E-state index contributed by atoms with van der Waals surface area (Å²) in [5.41, 5.74) is 4.73. The fourth-order valence-corrected chi connectivity index (χ4v) is 3.50. The van der Waals surface area contributed by atoms with Gasteiger partial charge in [-0.05, 0) is 49.7 Å². The summed E-state index contributed by atoms with van der Waals surface area (Å²) in [6, 6.07) is 10.9. The van der Waals surface area contributed by atoms with E-state index in [1.54, 1.807) is 35.5 Å². The number of aromatic nitrogens is 4. The van der Waals surface area contributed by atoms with Crippen molar-refractivity contribution < 1.29 is 0 Å². The number of imidazole rings is 1. The first-order valence-electron chi connectivity index (χ1n) is 9.05. The number of hydrogen-bond donors (Lipinski definition) is 1. The van der Waals surface area contributed by atoms with Gasteiger partial charge >= 0.3 is 5.69 Å². The topological polar surface area (TPSA) is 77.1 Å². The van der Waals surface area contributed by atoms with Crippen LogP contribution in [0.3, 0.4) is 0 Å². The highest BCUT2D eigenvalue weighted by molar-refractivity contribution is 6.31. The molecule has 0 spiro atoms. The third-order valence-corrected chi connectivity index (χ3v) is 5.54. The van der Waals surface area contributed by atoms with Crippen LogP contribution in [-0.4, -0.2) is 25.1 Å². The molecule has 2 heterocycles. The van der Waals surface area contributed by atoms with Crippen LogP contribution in [-0.2, 0) is 14.1 Å². The van der Waals surface area contributed by atoms with Gasteiger partial charge in [-0.25, -0.2) is 9.48 Å². The Morgan fingerprint density at radius 1 is 1.00 bits per heavy atom. The number of hydrogen-bond acceptors (Lipinski definition) is 3. The van der Waals surface area contributed by atoms with Gasteiger partial charge in [0.15, 0.2) is 0 Å². The van der Waals surface area contributed by atoms with Crippen LogP contribution in [0.15, 0.2) is 51.0 Å². The summed E-state index contributed by atoms with van der Waals surface area (Å²) in [7, 11) is 3.45. The fraction of sp³-hybridized carbons (Fsp3) is 0.190. The van der Waals surface area contributed by atoms with E-state index in [0.29, 0.717) is 27.7 Å². The van der Waals surface area contributed by atoms with Gasteiger partial charge in [-0.15, -0.1) is 0 Å². The molecule has 0 bridgehead atoms. The van der Waals surface area contributed by atoms with Crippen LogP contribution < -0.4 is 11.2 Å². The Hall–Kier alpha value is -3.32. The second-order valence-electron chi connectivity index (χ2n) is 7.06. The molecule has 4 rings (SSSR count). The number of nitrogens with one attached hydrogen (secondary N) is 1. The van der Waals surface area contributed by atoms with Crippen LogP contribution >= 0.6 is 11.6 Å². The van der Waals surface area contributed by atoms with Gasteiger partial charge in [0.25, 0.3) is 5.56 Å². The molecule has 0 fully saturated rings. The summed E-state index contributed by atoms with van der Waals surface area (Å²) in [6.07, 6.45) is 1.54. The second kappa shape index (κ2) is 6.93. The van der Waals surface area contributed by atoms with Crippen molar-refractivity contribution in [3.63, 3.8) is 0 Å². The number of halogens is 1. The molecule has 1 N–H and O–H groups in total. The van der Waals surface area contributed by atoms with E-state index in [1.807, 2.05) is 44.2 Å². The summed E-state index contributed by atoms with van der Waals surface area (Å²) in [4.78, 5) is 29.4. The maximum absolute atomic E-state index is 12.9. The van der Waals surface area contributed by atoms with Crippen LogP contribution in [0.1, 0.15) is 16.8 Å². The van der Waals surface area contributed by atoms with E-state index < -0.39 is 0 Å². The minimum absolute atomic E-state index is 0.0951. The highest BCUT2D eigenvalue weighted by atomic mass is 35.5. The van der Waals surface area contributed by atoms with Crippen molar-refractivity contribution >= 4 is 34.5 Å². The van der Waals surface area contributed by atoms with Crippen LogP contribution in [0.2, 0.25) is 5.02 Å². The maximum Gasteiger partial charge on any atom is 0.328 e. The lowest BCUT2D eigenvalue weighted by Gasteiger charge is -2.04. The number of aromatic amines is 1. The molecule has 0 unspecified atom stereocenters. The number of rotatable bonds is 3. The third-order valence-electron chi connectivity index (χ3n) is 5.13. The number of nitrogens with zero attached hydrogens (tertiary/aromatic N) is 4. The number of fused-ring (bicyclic) bond motifs is 1. The van der Waals surface area contributed by atoms with Crippen molar-refractivity contribution in [1.82, 2.24) is 18.9 Å². The summed E-state index contributed by atoms with van der Waals surface area (Å²) < 4.78 is 4.61. The number of aryl methyl sites for hydroxylation is 4. The van der Waals surface area contributed by atoms with Gasteiger partial charge in [0.1, 0.15) is 0 Å². The first-order chi connectivity index (χ1) is 13.8. The monoisotopic (exact) mass is 409 g/mol. The second-order valence-corrected chi connectivity index (χ2v) is 7.46. The van der Waals surface area contributed by atoms with Gasteiger partial charge in [-0.3, -0.25) is 24.0 Å². The zero-order chi connectivity index (χ0) is 20.9. The SMILES string of the molecule is Cc1ccc(-n2[nH]c(C)c(C=Nc3ccc4c(c3)n(C)c(=O)n4C)c2=O)cc1Cl. The zero-order valence-corrected chi connectivity index (χ0v) is 17.3. The minimum atomic E-state index is -0.209. The third kappa shape index (κ3) is 3.13. The van der Waals surface area contributed by atoms with Gasteiger partial charge in [0.2, 0.25) is 0 Å². The molecule has 4 aromatic rings. The molecule has 29 heavy (non-hydrogen) atoms. The molecule has 0 aliphatic rings. The van der Waals surface area contributed by atoms with Crippen LogP contribution in [0.5, 0.6) is 0 Å². The average Bonchev–Trinajstić information content (AvgIpc) is 3.10. The number of aliphatic imine (C=N–C) groups is 1. The first kappa shape index (κ1) is 19.0. The van der Waals surface area contributed by atoms with Crippen LogP contribution in [0.25, 0.3) is 16.7 Å². The lowest BCUT2D eigenvalue weighted by atomic mass is 10.2. The predicted octanol–water partition coefficient (Wildman–Crippen LogP) is 3.38.